The molecular weight excluding hydrogens is 246 g/mol. The number of carboxylic acids is 1. The van der Waals surface area contributed by atoms with Crippen molar-refractivity contribution in [2.24, 2.45) is 0 Å². The first-order chi connectivity index (χ1) is 9.10. The van der Waals surface area contributed by atoms with Crippen molar-refractivity contribution < 1.29 is 19.4 Å². The van der Waals surface area contributed by atoms with Gasteiger partial charge in [0.15, 0.2) is 0 Å². The van der Waals surface area contributed by atoms with Gasteiger partial charge in [0.1, 0.15) is 11.8 Å². The number of rotatable bonds is 5. The van der Waals surface area contributed by atoms with Gasteiger partial charge in [0.2, 0.25) is 5.91 Å². The Labute approximate surface area is 111 Å². The van der Waals surface area contributed by atoms with E-state index >= 15 is 0 Å². The van der Waals surface area contributed by atoms with Gasteiger partial charge in [-0.05, 0) is 23.6 Å². The van der Waals surface area contributed by atoms with Crippen LogP contribution in [0.1, 0.15) is 24.5 Å². The Morgan fingerprint density at radius 1 is 1.47 bits per heavy atom. The molecular formula is C14H17NO4. The standard InChI is InChI=1S/C14H17NO4/c1-2-11(14(17)18)15-13(16)8-9-3-4-12-10(7-9)5-6-19-12/h3-4,7,11H,2,5-6,8H2,1H3,(H,15,16)(H,17,18). The number of fused-ring (bicyclic) bond motifs is 1. The minimum atomic E-state index is -1.00. The summed E-state index contributed by atoms with van der Waals surface area (Å²) in [4.78, 5) is 22.6. The van der Waals surface area contributed by atoms with Crippen molar-refractivity contribution in [1.29, 1.82) is 0 Å². The third-order valence-corrected chi connectivity index (χ3v) is 3.16. The Balaban J connectivity index is 1.97. The highest BCUT2D eigenvalue weighted by Gasteiger charge is 2.18. The van der Waals surface area contributed by atoms with Crippen LogP contribution in [0.3, 0.4) is 0 Å². The van der Waals surface area contributed by atoms with Crippen LogP contribution in [0, 0.1) is 0 Å². The molecule has 1 aliphatic heterocycles. The highest BCUT2D eigenvalue weighted by Crippen LogP contribution is 2.25. The first-order valence-corrected chi connectivity index (χ1v) is 6.37. The third-order valence-electron chi connectivity index (χ3n) is 3.16. The van der Waals surface area contributed by atoms with Crippen molar-refractivity contribution in [3.63, 3.8) is 0 Å². The minimum absolute atomic E-state index is 0.192. The zero-order valence-corrected chi connectivity index (χ0v) is 10.8. The molecule has 1 heterocycles. The maximum absolute atomic E-state index is 11.8. The van der Waals surface area contributed by atoms with Crippen molar-refractivity contribution >= 4 is 11.9 Å². The van der Waals surface area contributed by atoms with E-state index in [1.807, 2.05) is 18.2 Å². The van der Waals surface area contributed by atoms with Crippen molar-refractivity contribution in [3.8, 4) is 5.75 Å². The molecule has 102 valence electrons. The van der Waals surface area contributed by atoms with Crippen molar-refractivity contribution in [2.75, 3.05) is 6.61 Å². The zero-order valence-electron chi connectivity index (χ0n) is 10.8. The number of hydrogen-bond acceptors (Lipinski definition) is 3. The molecule has 1 atom stereocenters. The Kier molecular flexibility index (Phi) is 4.04. The second-order valence-corrected chi connectivity index (χ2v) is 4.58. The zero-order chi connectivity index (χ0) is 13.8. The van der Waals surface area contributed by atoms with E-state index in [4.69, 9.17) is 9.84 Å². The summed E-state index contributed by atoms with van der Waals surface area (Å²) in [5.74, 6) is -0.396. The summed E-state index contributed by atoms with van der Waals surface area (Å²) in [6.45, 7) is 2.41. The molecule has 19 heavy (non-hydrogen) atoms. The number of hydrogen-bond donors (Lipinski definition) is 2. The normalized spacial score (nSPS) is 14.4. The van der Waals surface area contributed by atoms with E-state index in [9.17, 15) is 9.59 Å². The number of carbonyl (C=O) groups is 2. The fourth-order valence-electron chi connectivity index (χ4n) is 2.12. The summed E-state index contributed by atoms with van der Waals surface area (Å²) < 4.78 is 5.39. The monoisotopic (exact) mass is 263 g/mol. The number of aliphatic carboxylic acids is 1. The van der Waals surface area contributed by atoms with E-state index in [0.29, 0.717) is 13.0 Å². The van der Waals surface area contributed by atoms with Gasteiger partial charge >= 0.3 is 5.97 Å². The molecule has 0 aromatic heterocycles. The maximum atomic E-state index is 11.8. The van der Waals surface area contributed by atoms with E-state index in [1.165, 1.54) is 0 Å². The second kappa shape index (κ2) is 5.73. The van der Waals surface area contributed by atoms with Gasteiger partial charge in [-0.2, -0.15) is 0 Å². The third kappa shape index (κ3) is 3.24. The van der Waals surface area contributed by atoms with Crippen LogP contribution in [0.15, 0.2) is 18.2 Å². The number of carboxylic acid groups (broad SMARTS) is 1. The van der Waals surface area contributed by atoms with Gasteiger partial charge in [-0.1, -0.05) is 19.1 Å². The second-order valence-electron chi connectivity index (χ2n) is 4.58. The molecule has 0 spiro atoms. The largest absolute Gasteiger partial charge is 0.493 e. The van der Waals surface area contributed by atoms with Crippen molar-refractivity contribution in [1.82, 2.24) is 5.32 Å². The number of carbonyl (C=O) groups excluding carboxylic acids is 1. The van der Waals surface area contributed by atoms with Crippen LogP contribution in [0.25, 0.3) is 0 Å². The van der Waals surface area contributed by atoms with Gasteiger partial charge in [0.05, 0.1) is 13.0 Å². The predicted octanol–water partition coefficient (Wildman–Crippen LogP) is 1.14. The maximum Gasteiger partial charge on any atom is 0.326 e. The van der Waals surface area contributed by atoms with Crippen LogP contribution in [0.4, 0.5) is 0 Å². The fraction of sp³-hybridized carbons (Fsp3) is 0.429. The average molecular weight is 263 g/mol. The summed E-state index contributed by atoms with van der Waals surface area (Å²) in [6.07, 6.45) is 1.42. The summed E-state index contributed by atoms with van der Waals surface area (Å²) in [6, 6.07) is 4.83. The molecule has 1 aliphatic rings. The SMILES string of the molecule is CCC(NC(=O)Cc1ccc2c(c1)CCO2)C(=O)O. The lowest BCUT2D eigenvalue weighted by Crippen LogP contribution is -2.40. The topological polar surface area (TPSA) is 75.6 Å². The minimum Gasteiger partial charge on any atom is -0.493 e. The molecule has 0 bridgehead atoms. The van der Waals surface area contributed by atoms with Crippen LogP contribution < -0.4 is 10.1 Å². The lowest BCUT2D eigenvalue weighted by atomic mass is 10.1. The van der Waals surface area contributed by atoms with E-state index in [1.54, 1.807) is 6.92 Å². The number of nitrogens with one attached hydrogen (secondary N) is 1. The van der Waals surface area contributed by atoms with Crippen LogP contribution in [0.5, 0.6) is 5.75 Å². The summed E-state index contributed by atoms with van der Waals surface area (Å²) in [5.41, 5.74) is 1.98. The summed E-state index contributed by atoms with van der Waals surface area (Å²) in [5, 5.41) is 11.4. The highest BCUT2D eigenvalue weighted by molar-refractivity contribution is 5.84. The van der Waals surface area contributed by atoms with Gasteiger partial charge < -0.3 is 15.2 Å². The number of amides is 1. The van der Waals surface area contributed by atoms with Gasteiger partial charge in [-0.15, -0.1) is 0 Å². The summed E-state index contributed by atoms with van der Waals surface area (Å²) >= 11 is 0. The smallest absolute Gasteiger partial charge is 0.326 e. The van der Waals surface area contributed by atoms with E-state index in [-0.39, 0.29) is 12.3 Å². The molecule has 0 fully saturated rings. The Hall–Kier alpha value is -2.04. The van der Waals surface area contributed by atoms with Crippen LogP contribution in [0.2, 0.25) is 0 Å². The molecule has 2 rings (SSSR count). The first kappa shape index (κ1) is 13.4. The molecule has 0 saturated heterocycles. The average Bonchev–Trinajstić information content (AvgIpc) is 2.82. The molecule has 5 nitrogen and oxygen atoms in total. The van der Waals surface area contributed by atoms with E-state index in [0.717, 1.165) is 23.3 Å². The highest BCUT2D eigenvalue weighted by atomic mass is 16.5. The molecule has 1 amide bonds. The lowest BCUT2D eigenvalue weighted by Gasteiger charge is -2.12. The van der Waals surface area contributed by atoms with Crippen LogP contribution in [-0.4, -0.2) is 29.6 Å². The number of benzene rings is 1. The predicted molar refractivity (Wildman–Crippen MR) is 69.2 cm³/mol. The molecule has 0 radical (unpaired) electrons. The Morgan fingerprint density at radius 3 is 2.95 bits per heavy atom. The van der Waals surface area contributed by atoms with E-state index in [2.05, 4.69) is 5.32 Å². The lowest BCUT2D eigenvalue weighted by molar-refractivity contribution is -0.141. The van der Waals surface area contributed by atoms with Crippen molar-refractivity contribution in [3.05, 3.63) is 29.3 Å². The van der Waals surface area contributed by atoms with Crippen LogP contribution >= 0.6 is 0 Å². The van der Waals surface area contributed by atoms with Gasteiger partial charge in [0.25, 0.3) is 0 Å². The molecule has 1 aromatic rings. The summed E-state index contributed by atoms with van der Waals surface area (Å²) in [7, 11) is 0. The van der Waals surface area contributed by atoms with Gasteiger partial charge in [-0.3, -0.25) is 4.79 Å². The molecule has 2 N–H and O–H groups in total. The van der Waals surface area contributed by atoms with Crippen molar-refractivity contribution in [2.45, 2.75) is 32.2 Å². The molecule has 5 heteroatoms. The molecule has 0 saturated carbocycles. The van der Waals surface area contributed by atoms with E-state index < -0.39 is 12.0 Å². The Morgan fingerprint density at radius 2 is 2.26 bits per heavy atom. The van der Waals surface area contributed by atoms with Gasteiger partial charge in [-0.25, -0.2) is 4.79 Å². The quantitative estimate of drug-likeness (QED) is 0.835. The molecule has 0 aliphatic carbocycles. The molecule has 1 unspecified atom stereocenters. The Bertz CT molecular complexity index is 498. The molecule has 1 aromatic carbocycles. The number of ether oxygens (including phenoxy) is 1. The van der Waals surface area contributed by atoms with Gasteiger partial charge in [0, 0.05) is 6.42 Å². The fourth-order valence-corrected chi connectivity index (χ4v) is 2.12. The first-order valence-electron chi connectivity index (χ1n) is 6.37. The van der Waals surface area contributed by atoms with Crippen LogP contribution in [-0.2, 0) is 22.4 Å².